The number of hydrogen-bond acceptors (Lipinski definition) is 8. The van der Waals surface area contributed by atoms with Crippen LogP contribution in [0, 0.1) is 0 Å². The third kappa shape index (κ3) is 5.57. The molecule has 0 bridgehead atoms. The zero-order valence-corrected chi connectivity index (χ0v) is 18.1. The lowest BCUT2D eigenvalue weighted by atomic mass is 10.1. The quantitative estimate of drug-likeness (QED) is 0.397. The van der Waals surface area contributed by atoms with E-state index in [-0.39, 0.29) is 18.1 Å². The molecule has 168 valence electrons. The Hall–Kier alpha value is -4.01. The topological polar surface area (TPSA) is 109 Å². The van der Waals surface area contributed by atoms with E-state index in [9.17, 15) is 14.4 Å². The third-order valence-electron chi connectivity index (χ3n) is 4.35. The van der Waals surface area contributed by atoms with E-state index in [0.29, 0.717) is 28.5 Å². The molecule has 0 spiro atoms. The highest BCUT2D eigenvalue weighted by Crippen LogP contribution is 2.30. The van der Waals surface area contributed by atoms with Crippen molar-refractivity contribution >= 4 is 29.6 Å². The monoisotopic (exact) mass is 441 g/mol. The predicted molar refractivity (Wildman–Crippen MR) is 114 cm³/mol. The van der Waals surface area contributed by atoms with E-state index in [2.05, 4.69) is 5.32 Å². The smallest absolute Gasteiger partial charge is 0.348 e. The summed E-state index contributed by atoms with van der Waals surface area (Å²) >= 11 is 0. The number of ether oxygens (including phenoxy) is 5. The largest absolute Gasteiger partial charge is 0.497 e. The van der Waals surface area contributed by atoms with Gasteiger partial charge in [0.1, 0.15) is 11.3 Å². The third-order valence-corrected chi connectivity index (χ3v) is 4.35. The molecule has 1 amide bonds. The van der Waals surface area contributed by atoms with Crippen molar-refractivity contribution in [2.45, 2.75) is 19.6 Å². The highest BCUT2D eigenvalue weighted by atomic mass is 16.7. The summed E-state index contributed by atoms with van der Waals surface area (Å²) in [6, 6.07) is 11.6. The van der Waals surface area contributed by atoms with E-state index >= 15 is 0 Å². The molecule has 32 heavy (non-hydrogen) atoms. The van der Waals surface area contributed by atoms with Crippen LogP contribution in [0.5, 0.6) is 17.2 Å². The van der Waals surface area contributed by atoms with Gasteiger partial charge in [0.15, 0.2) is 18.1 Å². The van der Waals surface area contributed by atoms with Crippen LogP contribution in [0.3, 0.4) is 0 Å². The Morgan fingerprint density at radius 2 is 1.62 bits per heavy atom. The lowest BCUT2D eigenvalue weighted by Crippen LogP contribution is -2.41. The highest BCUT2D eigenvalue weighted by Gasteiger charge is 2.38. The second-order valence-corrected chi connectivity index (χ2v) is 7.21. The van der Waals surface area contributed by atoms with Gasteiger partial charge in [-0.25, -0.2) is 9.59 Å². The Morgan fingerprint density at radius 3 is 2.22 bits per heavy atom. The lowest BCUT2D eigenvalue weighted by molar-refractivity contribution is -0.222. The Kier molecular flexibility index (Phi) is 6.67. The number of carbonyl (C=O) groups is 3. The molecule has 0 unspecified atom stereocenters. The van der Waals surface area contributed by atoms with Gasteiger partial charge < -0.3 is 29.0 Å². The van der Waals surface area contributed by atoms with Gasteiger partial charge in [-0.2, -0.15) is 0 Å². The van der Waals surface area contributed by atoms with E-state index in [4.69, 9.17) is 23.7 Å². The van der Waals surface area contributed by atoms with Crippen molar-refractivity contribution in [2.24, 2.45) is 0 Å². The molecule has 0 saturated carbocycles. The molecule has 1 fully saturated rings. The van der Waals surface area contributed by atoms with E-state index in [0.717, 1.165) is 0 Å². The lowest BCUT2D eigenvalue weighted by Gasteiger charge is -2.29. The average molecular weight is 441 g/mol. The number of cyclic esters (lactones) is 2. The summed E-state index contributed by atoms with van der Waals surface area (Å²) in [5.74, 6) is -1.92. The molecule has 2 aromatic carbocycles. The molecule has 1 heterocycles. The van der Waals surface area contributed by atoms with Crippen molar-refractivity contribution in [3.63, 3.8) is 0 Å². The summed E-state index contributed by atoms with van der Waals surface area (Å²) in [6.45, 7) is 2.69. The van der Waals surface area contributed by atoms with Crippen molar-refractivity contribution in [1.29, 1.82) is 0 Å². The molecular weight excluding hydrogens is 418 g/mol. The number of rotatable bonds is 7. The molecule has 1 saturated heterocycles. The summed E-state index contributed by atoms with van der Waals surface area (Å²) in [5.41, 5.74) is 0.849. The molecule has 0 aromatic heterocycles. The number of nitrogens with one attached hydrogen (secondary N) is 1. The first-order valence-corrected chi connectivity index (χ1v) is 9.64. The van der Waals surface area contributed by atoms with Gasteiger partial charge in [0.25, 0.3) is 11.7 Å². The standard InChI is InChI=1S/C23H23NO8/c1-23(2)31-21(26)17(22(27)32-23)11-14-5-10-18(19(12-14)29-4)30-13-20(25)24-15-6-8-16(28-3)9-7-15/h5-12H,13H2,1-4H3,(H,24,25). The summed E-state index contributed by atoms with van der Waals surface area (Å²) in [6.07, 6.45) is 1.34. The maximum Gasteiger partial charge on any atom is 0.348 e. The molecule has 9 heteroatoms. The van der Waals surface area contributed by atoms with E-state index in [1.807, 2.05) is 0 Å². The summed E-state index contributed by atoms with van der Waals surface area (Å²) in [5, 5.41) is 2.71. The van der Waals surface area contributed by atoms with Crippen LogP contribution in [0.4, 0.5) is 5.69 Å². The van der Waals surface area contributed by atoms with Gasteiger partial charge in [-0.3, -0.25) is 4.79 Å². The Morgan fingerprint density at radius 1 is 0.969 bits per heavy atom. The van der Waals surface area contributed by atoms with Crippen molar-refractivity contribution in [2.75, 3.05) is 26.1 Å². The second kappa shape index (κ2) is 9.42. The van der Waals surface area contributed by atoms with Gasteiger partial charge in [0, 0.05) is 19.5 Å². The maximum absolute atomic E-state index is 12.2. The fraction of sp³-hybridized carbons (Fsp3) is 0.261. The van der Waals surface area contributed by atoms with Crippen LogP contribution in [0.1, 0.15) is 19.4 Å². The number of esters is 2. The van der Waals surface area contributed by atoms with Crippen LogP contribution in [0.25, 0.3) is 6.08 Å². The first kappa shape index (κ1) is 22.7. The van der Waals surface area contributed by atoms with Crippen LogP contribution < -0.4 is 19.5 Å². The molecular formula is C23H23NO8. The molecule has 1 aliphatic rings. The zero-order chi connectivity index (χ0) is 23.3. The normalized spacial score (nSPS) is 14.7. The summed E-state index contributed by atoms with van der Waals surface area (Å²) < 4.78 is 26.1. The van der Waals surface area contributed by atoms with Crippen molar-refractivity contribution < 1.29 is 38.1 Å². The molecule has 1 N–H and O–H groups in total. The Bertz CT molecular complexity index is 1030. The molecule has 9 nitrogen and oxygen atoms in total. The molecule has 2 aromatic rings. The van der Waals surface area contributed by atoms with Gasteiger partial charge >= 0.3 is 11.9 Å². The predicted octanol–water partition coefficient (Wildman–Crippen LogP) is 2.94. The first-order valence-electron chi connectivity index (χ1n) is 9.64. The average Bonchev–Trinajstić information content (AvgIpc) is 2.75. The summed E-state index contributed by atoms with van der Waals surface area (Å²) in [4.78, 5) is 36.4. The van der Waals surface area contributed by atoms with E-state index < -0.39 is 17.7 Å². The minimum absolute atomic E-state index is 0.237. The fourth-order valence-electron chi connectivity index (χ4n) is 2.85. The highest BCUT2D eigenvalue weighted by molar-refractivity contribution is 6.18. The minimum Gasteiger partial charge on any atom is -0.497 e. The Balaban J connectivity index is 1.66. The van der Waals surface area contributed by atoms with E-state index in [1.54, 1.807) is 49.6 Å². The molecule has 1 aliphatic heterocycles. The maximum atomic E-state index is 12.2. The molecule has 0 aliphatic carbocycles. The van der Waals surface area contributed by atoms with Crippen molar-refractivity contribution in [3.8, 4) is 17.2 Å². The Labute approximate surface area is 184 Å². The first-order chi connectivity index (χ1) is 15.2. The SMILES string of the molecule is COc1ccc(NC(=O)COc2ccc(C=C3C(=O)OC(C)(C)OC3=O)cc2OC)cc1. The number of benzene rings is 2. The van der Waals surface area contributed by atoms with Crippen LogP contribution in [-0.4, -0.2) is 44.5 Å². The zero-order valence-electron chi connectivity index (χ0n) is 18.1. The van der Waals surface area contributed by atoms with Gasteiger partial charge in [0.2, 0.25) is 0 Å². The summed E-state index contributed by atoms with van der Waals surface area (Å²) in [7, 11) is 2.99. The van der Waals surface area contributed by atoms with Crippen LogP contribution in [0.15, 0.2) is 48.0 Å². The van der Waals surface area contributed by atoms with Crippen LogP contribution in [-0.2, 0) is 23.9 Å². The molecule has 0 radical (unpaired) electrons. The molecule has 3 rings (SSSR count). The minimum atomic E-state index is -1.31. The van der Waals surface area contributed by atoms with Gasteiger partial charge in [-0.15, -0.1) is 0 Å². The van der Waals surface area contributed by atoms with Crippen molar-refractivity contribution in [1.82, 2.24) is 0 Å². The van der Waals surface area contributed by atoms with Crippen molar-refractivity contribution in [3.05, 3.63) is 53.6 Å². The van der Waals surface area contributed by atoms with Crippen LogP contribution >= 0.6 is 0 Å². The number of methoxy groups -OCH3 is 2. The second-order valence-electron chi connectivity index (χ2n) is 7.21. The number of carbonyl (C=O) groups excluding carboxylic acids is 3. The van der Waals surface area contributed by atoms with Gasteiger partial charge in [-0.05, 0) is 48.0 Å². The molecule has 0 atom stereocenters. The van der Waals surface area contributed by atoms with Gasteiger partial charge in [-0.1, -0.05) is 6.07 Å². The van der Waals surface area contributed by atoms with E-state index in [1.165, 1.54) is 27.0 Å². The van der Waals surface area contributed by atoms with Crippen LogP contribution in [0.2, 0.25) is 0 Å². The fourth-order valence-corrected chi connectivity index (χ4v) is 2.85. The van der Waals surface area contributed by atoms with Gasteiger partial charge in [0.05, 0.1) is 14.2 Å². The number of amides is 1. The number of anilines is 1. The number of hydrogen-bond donors (Lipinski definition) is 1.